The van der Waals surface area contributed by atoms with Crippen LogP contribution in [-0.2, 0) is 4.79 Å². The van der Waals surface area contributed by atoms with Crippen LogP contribution >= 0.6 is 0 Å². The number of piperazine rings is 1. The second-order valence-corrected chi connectivity index (χ2v) is 4.75. The fraction of sp³-hybridized carbons (Fsp3) is 0.500. The molecule has 1 aliphatic rings. The molecule has 0 spiro atoms. The topological polar surface area (TPSA) is 53.8 Å². The largest absolute Gasteiger partial charge is 0.472 e. The molecule has 0 N–H and O–H groups in total. The van der Waals surface area contributed by atoms with Gasteiger partial charge in [-0.1, -0.05) is 0 Å². The first-order valence-electron chi connectivity index (χ1n) is 5.54. The predicted octanol–water partition coefficient (Wildman–Crippen LogP) is 0.972. The van der Waals surface area contributed by atoms with E-state index in [4.69, 9.17) is 4.42 Å². The first kappa shape index (κ1) is 11.7. The lowest BCUT2D eigenvalue weighted by molar-refractivity contribution is -0.144. The van der Waals surface area contributed by atoms with Crippen LogP contribution in [-0.4, -0.2) is 47.3 Å². The van der Waals surface area contributed by atoms with Crippen LogP contribution in [0.15, 0.2) is 23.0 Å². The van der Waals surface area contributed by atoms with Crippen molar-refractivity contribution in [1.82, 2.24) is 9.80 Å². The van der Waals surface area contributed by atoms with Gasteiger partial charge in [-0.2, -0.15) is 0 Å². The fourth-order valence-corrected chi connectivity index (χ4v) is 2.11. The van der Waals surface area contributed by atoms with Crippen molar-refractivity contribution in [2.75, 3.05) is 20.1 Å². The molecule has 1 aromatic heterocycles. The Morgan fingerprint density at radius 2 is 2.12 bits per heavy atom. The van der Waals surface area contributed by atoms with E-state index in [1.54, 1.807) is 36.8 Å². The van der Waals surface area contributed by atoms with Gasteiger partial charge in [-0.05, 0) is 19.9 Å². The first-order chi connectivity index (χ1) is 7.94. The van der Waals surface area contributed by atoms with E-state index >= 15 is 0 Å². The van der Waals surface area contributed by atoms with Gasteiger partial charge >= 0.3 is 0 Å². The summed E-state index contributed by atoms with van der Waals surface area (Å²) in [5, 5.41) is 0. The third-order valence-corrected chi connectivity index (χ3v) is 3.22. The van der Waals surface area contributed by atoms with Crippen LogP contribution in [0.25, 0.3) is 0 Å². The van der Waals surface area contributed by atoms with E-state index in [9.17, 15) is 9.59 Å². The maximum Gasteiger partial charge on any atom is 0.258 e. The fourth-order valence-electron chi connectivity index (χ4n) is 2.11. The summed E-state index contributed by atoms with van der Waals surface area (Å²) in [6.45, 7) is 4.64. The normalized spacial score (nSPS) is 19.6. The Morgan fingerprint density at radius 3 is 2.71 bits per heavy atom. The Morgan fingerprint density at radius 1 is 1.41 bits per heavy atom. The molecule has 17 heavy (non-hydrogen) atoms. The highest BCUT2D eigenvalue weighted by atomic mass is 16.3. The Kier molecular flexibility index (Phi) is 2.69. The molecule has 1 fully saturated rings. The number of hydrogen-bond acceptors (Lipinski definition) is 3. The zero-order valence-corrected chi connectivity index (χ0v) is 10.3. The maximum absolute atomic E-state index is 12.2. The van der Waals surface area contributed by atoms with Crippen LogP contribution in [0, 0.1) is 0 Å². The van der Waals surface area contributed by atoms with Crippen molar-refractivity contribution in [3.63, 3.8) is 0 Å². The van der Waals surface area contributed by atoms with Gasteiger partial charge in [-0.25, -0.2) is 0 Å². The molecule has 2 amide bonds. The zero-order valence-electron chi connectivity index (χ0n) is 10.3. The summed E-state index contributed by atoms with van der Waals surface area (Å²) in [7, 11) is 1.75. The van der Waals surface area contributed by atoms with Crippen molar-refractivity contribution in [3.8, 4) is 0 Å². The van der Waals surface area contributed by atoms with Crippen LogP contribution in [0.3, 0.4) is 0 Å². The number of amides is 2. The quantitative estimate of drug-likeness (QED) is 0.730. The summed E-state index contributed by atoms with van der Waals surface area (Å²) in [4.78, 5) is 27.5. The summed E-state index contributed by atoms with van der Waals surface area (Å²) in [6, 6.07) is 1.61. The Bertz CT molecular complexity index is 437. The maximum atomic E-state index is 12.2. The molecule has 0 unspecified atom stereocenters. The van der Waals surface area contributed by atoms with Crippen molar-refractivity contribution in [2.24, 2.45) is 0 Å². The number of hydrogen-bond donors (Lipinski definition) is 0. The standard InChI is InChI=1S/C12H16N2O3/c1-12(2)11(16)13(3)5-6-14(12)10(15)9-4-7-17-8-9/h4,7-8H,5-6H2,1-3H3. The third kappa shape index (κ3) is 1.81. The van der Waals surface area contributed by atoms with Crippen molar-refractivity contribution < 1.29 is 14.0 Å². The van der Waals surface area contributed by atoms with E-state index in [0.29, 0.717) is 18.7 Å². The molecule has 0 aliphatic carbocycles. The predicted molar refractivity (Wildman–Crippen MR) is 61.5 cm³/mol. The number of carbonyl (C=O) groups is 2. The number of nitrogens with zero attached hydrogens (tertiary/aromatic N) is 2. The smallest absolute Gasteiger partial charge is 0.258 e. The van der Waals surface area contributed by atoms with E-state index in [0.717, 1.165) is 0 Å². The van der Waals surface area contributed by atoms with E-state index in [-0.39, 0.29) is 11.8 Å². The molecule has 0 radical (unpaired) electrons. The number of likely N-dealkylation sites (N-methyl/N-ethyl adjacent to an activating group) is 1. The highest BCUT2D eigenvalue weighted by molar-refractivity contribution is 5.99. The van der Waals surface area contributed by atoms with Gasteiger partial charge in [0.15, 0.2) is 0 Å². The van der Waals surface area contributed by atoms with Crippen LogP contribution in [0.4, 0.5) is 0 Å². The zero-order chi connectivity index (χ0) is 12.6. The van der Waals surface area contributed by atoms with Gasteiger partial charge in [0, 0.05) is 20.1 Å². The van der Waals surface area contributed by atoms with Gasteiger partial charge in [-0.15, -0.1) is 0 Å². The first-order valence-corrected chi connectivity index (χ1v) is 5.54. The van der Waals surface area contributed by atoms with E-state index in [1.165, 1.54) is 12.5 Å². The minimum atomic E-state index is -0.804. The molecule has 1 aliphatic heterocycles. The van der Waals surface area contributed by atoms with Gasteiger partial charge < -0.3 is 14.2 Å². The molecule has 0 atom stereocenters. The van der Waals surface area contributed by atoms with Gasteiger partial charge in [0.25, 0.3) is 5.91 Å². The lowest BCUT2D eigenvalue weighted by Gasteiger charge is -2.44. The van der Waals surface area contributed by atoms with Gasteiger partial charge in [0.1, 0.15) is 11.8 Å². The van der Waals surface area contributed by atoms with Crippen molar-refractivity contribution in [3.05, 3.63) is 24.2 Å². The average molecular weight is 236 g/mol. The molecule has 2 heterocycles. The van der Waals surface area contributed by atoms with Crippen LogP contribution in [0.2, 0.25) is 0 Å². The lowest BCUT2D eigenvalue weighted by atomic mass is 9.97. The minimum absolute atomic E-state index is 0.0411. The molecule has 1 aromatic rings. The SMILES string of the molecule is CN1CCN(C(=O)c2ccoc2)C(C)(C)C1=O. The molecular weight excluding hydrogens is 220 g/mol. The average Bonchev–Trinajstić information content (AvgIpc) is 2.79. The molecule has 0 aromatic carbocycles. The molecular formula is C12H16N2O3. The third-order valence-electron chi connectivity index (χ3n) is 3.22. The second-order valence-electron chi connectivity index (χ2n) is 4.75. The summed E-state index contributed by atoms with van der Waals surface area (Å²) in [5.74, 6) is -0.203. The molecule has 2 rings (SSSR count). The molecule has 92 valence electrons. The molecule has 0 bridgehead atoms. The molecule has 5 nitrogen and oxygen atoms in total. The lowest BCUT2D eigenvalue weighted by Crippen LogP contribution is -2.63. The molecule has 0 saturated carbocycles. The van der Waals surface area contributed by atoms with Crippen molar-refractivity contribution in [2.45, 2.75) is 19.4 Å². The summed E-state index contributed by atoms with van der Waals surface area (Å²) in [6.07, 6.45) is 2.86. The van der Waals surface area contributed by atoms with E-state index in [2.05, 4.69) is 0 Å². The van der Waals surface area contributed by atoms with Crippen molar-refractivity contribution >= 4 is 11.8 Å². The minimum Gasteiger partial charge on any atom is -0.472 e. The molecule has 1 saturated heterocycles. The number of furan rings is 1. The highest BCUT2D eigenvalue weighted by Gasteiger charge is 2.43. The van der Waals surface area contributed by atoms with Gasteiger partial charge in [-0.3, -0.25) is 9.59 Å². The summed E-state index contributed by atoms with van der Waals surface area (Å²) in [5.41, 5.74) is -0.322. The Labute approximate surface area is 100.0 Å². The Balaban J connectivity index is 2.27. The number of carbonyl (C=O) groups excluding carboxylic acids is 2. The van der Waals surface area contributed by atoms with E-state index < -0.39 is 5.54 Å². The second kappa shape index (κ2) is 3.91. The van der Waals surface area contributed by atoms with Gasteiger partial charge in [0.05, 0.1) is 11.8 Å². The van der Waals surface area contributed by atoms with Gasteiger partial charge in [0.2, 0.25) is 5.91 Å². The summed E-state index contributed by atoms with van der Waals surface area (Å²) < 4.78 is 4.90. The number of rotatable bonds is 1. The summed E-state index contributed by atoms with van der Waals surface area (Å²) >= 11 is 0. The highest BCUT2D eigenvalue weighted by Crippen LogP contribution is 2.23. The van der Waals surface area contributed by atoms with Crippen LogP contribution in [0.1, 0.15) is 24.2 Å². The van der Waals surface area contributed by atoms with Crippen molar-refractivity contribution in [1.29, 1.82) is 0 Å². The molecule has 5 heteroatoms. The monoisotopic (exact) mass is 236 g/mol. The Hall–Kier alpha value is -1.78. The van der Waals surface area contributed by atoms with Crippen LogP contribution < -0.4 is 0 Å². The van der Waals surface area contributed by atoms with E-state index in [1.807, 2.05) is 0 Å². The van der Waals surface area contributed by atoms with Crippen LogP contribution in [0.5, 0.6) is 0 Å².